The van der Waals surface area contributed by atoms with Crippen molar-refractivity contribution in [2.45, 2.75) is 23.1 Å². The van der Waals surface area contributed by atoms with Crippen LogP contribution in [0.1, 0.15) is 29.0 Å². The Hall–Kier alpha value is -2.44. The minimum absolute atomic E-state index is 0.498. The lowest BCUT2D eigenvalue weighted by Crippen LogP contribution is -1.91. The van der Waals surface area contributed by atoms with Gasteiger partial charge in [-0.15, -0.1) is 11.3 Å². The van der Waals surface area contributed by atoms with Crippen LogP contribution in [0.2, 0.25) is 5.02 Å². The summed E-state index contributed by atoms with van der Waals surface area (Å²) in [4.78, 5) is 12.3. The lowest BCUT2D eigenvalue weighted by atomic mass is 10.1. The molecule has 6 heteroatoms. The van der Waals surface area contributed by atoms with Gasteiger partial charge in [-0.1, -0.05) is 41.9 Å². The van der Waals surface area contributed by atoms with Crippen molar-refractivity contribution in [1.29, 1.82) is 0 Å². The van der Waals surface area contributed by atoms with Crippen LogP contribution < -0.4 is 0 Å². The maximum atomic E-state index is 9.79. The quantitative estimate of drug-likeness (QED) is 0.314. The average molecular weight is 451 g/mol. The van der Waals surface area contributed by atoms with E-state index in [0.717, 1.165) is 36.5 Å². The smallest absolute Gasteiger partial charge is 0.192 e. The van der Waals surface area contributed by atoms with Crippen LogP contribution in [-0.4, -0.2) is 15.1 Å². The molecule has 0 fully saturated rings. The minimum atomic E-state index is -0.498. The van der Waals surface area contributed by atoms with Crippen molar-refractivity contribution in [3.8, 4) is 10.6 Å². The molecule has 3 nitrogen and oxygen atoms in total. The zero-order valence-electron chi connectivity index (χ0n) is 16.2. The fourth-order valence-electron chi connectivity index (χ4n) is 2.84. The number of aliphatic hydroxyl groups is 1. The van der Waals surface area contributed by atoms with Crippen LogP contribution >= 0.6 is 34.7 Å². The van der Waals surface area contributed by atoms with E-state index in [-0.39, 0.29) is 0 Å². The molecule has 4 rings (SSSR count). The molecule has 150 valence electrons. The topological polar surface area (TPSA) is 46.0 Å². The van der Waals surface area contributed by atoms with Gasteiger partial charge in [-0.3, -0.25) is 0 Å². The van der Waals surface area contributed by atoms with Gasteiger partial charge in [0.2, 0.25) is 0 Å². The van der Waals surface area contributed by atoms with Gasteiger partial charge >= 0.3 is 0 Å². The van der Waals surface area contributed by atoms with E-state index in [4.69, 9.17) is 16.6 Å². The molecule has 0 aliphatic carbocycles. The molecule has 0 aliphatic heterocycles. The number of halogens is 1. The zero-order chi connectivity index (χ0) is 20.9. The average Bonchev–Trinajstić information content (AvgIpc) is 3.22. The Labute approximate surface area is 189 Å². The van der Waals surface area contributed by atoms with Gasteiger partial charge in [0.05, 0.1) is 16.7 Å². The van der Waals surface area contributed by atoms with Crippen LogP contribution in [0, 0.1) is 0 Å². The molecule has 1 unspecified atom stereocenters. The molecule has 0 aliphatic rings. The number of thiophene rings is 1. The maximum Gasteiger partial charge on any atom is 0.192 e. The summed E-state index contributed by atoms with van der Waals surface area (Å²) in [7, 11) is 0. The van der Waals surface area contributed by atoms with Crippen LogP contribution in [0.5, 0.6) is 0 Å². The molecule has 1 N–H and O–H groups in total. The maximum absolute atomic E-state index is 9.79. The van der Waals surface area contributed by atoms with Crippen molar-refractivity contribution in [3.63, 3.8) is 0 Å². The zero-order valence-corrected chi connectivity index (χ0v) is 18.6. The molecule has 2 heterocycles. The van der Waals surface area contributed by atoms with E-state index in [2.05, 4.69) is 29.3 Å². The molecule has 4 aromatic rings. The summed E-state index contributed by atoms with van der Waals surface area (Å²) in [6.07, 6.45) is 5.42. The third-order valence-corrected chi connectivity index (χ3v) is 6.53. The Morgan fingerprint density at radius 2 is 1.90 bits per heavy atom. The van der Waals surface area contributed by atoms with E-state index in [1.165, 1.54) is 11.8 Å². The second kappa shape index (κ2) is 9.58. The first-order chi connectivity index (χ1) is 14.6. The van der Waals surface area contributed by atoms with Gasteiger partial charge in [0, 0.05) is 21.0 Å². The first kappa shape index (κ1) is 20.8. The Bertz CT molecular complexity index is 1190. The first-order valence-corrected chi connectivity index (χ1v) is 11.4. The summed E-state index contributed by atoms with van der Waals surface area (Å²) in [6, 6.07) is 21.7. The summed E-state index contributed by atoms with van der Waals surface area (Å²) >= 11 is 9.21. The van der Waals surface area contributed by atoms with Gasteiger partial charge < -0.3 is 5.11 Å². The Balaban J connectivity index is 1.51. The number of aliphatic hydroxyl groups excluding tert-OH is 1. The summed E-state index contributed by atoms with van der Waals surface area (Å²) < 4.78 is 0. The fourth-order valence-corrected chi connectivity index (χ4v) is 4.73. The van der Waals surface area contributed by atoms with Crippen molar-refractivity contribution in [2.75, 3.05) is 0 Å². The molecule has 2 aromatic heterocycles. The Morgan fingerprint density at radius 3 is 2.73 bits per heavy atom. The van der Waals surface area contributed by atoms with Crippen molar-refractivity contribution < 1.29 is 5.11 Å². The predicted octanol–water partition coefficient (Wildman–Crippen LogP) is 7.23. The van der Waals surface area contributed by atoms with Gasteiger partial charge in [0.25, 0.3) is 0 Å². The molecule has 0 spiro atoms. The highest BCUT2D eigenvalue weighted by molar-refractivity contribution is 7.99. The highest BCUT2D eigenvalue weighted by Gasteiger charge is 2.08. The number of benzene rings is 2. The Morgan fingerprint density at radius 1 is 1.03 bits per heavy atom. The number of nitrogens with zero attached hydrogens (tertiary/aromatic N) is 2. The lowest BCUT2D eigenvalue weighted by molar-refractivity contribution is 0.199. The number of hydrogen-bond acceptors (Lipinski definition) is 5. The van der Waals surface area contributed by atoms with E-state index in [1.54, 1.807) is 24.5 Å². The van der Waals surface area contributed by atoms with Gasteiger partial charge in [0.15, 0.2) is 5.16 Å². The van der Waals surface area contributed by atoms with E-state index in [0.29, 0.717) is 5.16 Å². The normalized spacial score (nSPS) is 12.4. The van der Waals surface area contributed by atoms with Gasteiger partial charge in [-0.2, -0.15) is 0 Å². The van der Waals surface area contributed by atoms with Crippen LogP contribution in [-0.2, 0) is 0 Å². The van der Waals surface area contributed by atoms with Crippen LogP contribution in [0.15, 0.2) is 83.0 Å². The first-order valence-electron chi connectivity index (χ1n) is 9.39. The molecule has 0 bridgehead atoms. The van der Waals surface area contributed by atoms with E-state index in [1.807, 2.05) is 54.6 Å². The number of aromatic nitrogens is 2. The van der Waals surface area contributed by atoms with Crippen molar-refractivity contribution in [1.82, 2.24) is 9.97 Å². The highest BCUT2D eigenvalue weighted by atomic mass is 35.5. The molecule has 0 amide bonds. The number of hydrogen-bond donors (Lipinski definition) is 1. The van der Waals surface area contributed by atoms with Crippen LogP contribution in [0.4, 0.5) is 0 Å². The van der Waals surface area contributed by atoms with Crippen molar-refractivity contribution in [2.24, 2.45) is 0 Å². The molecule has 2 aromatic carbocycles. The van der Waals surface area contributed by atoms with E-state index in [9.17, 15) is 5.11 Å². The van der Waals surface area contributed by atoms with Crippen LogP contribution in [0.3, 0.4) is 0 Å². The SMILES string of the molecule is CC(O)c1cccc(Sc2nccc(-c3ccc(C=Cc4cccc(Cl)c4)s3)n2)c1. The molecular formula is C24H19ClN2OS2. The Kier molecular flexibility index (Phi) is 6.65. The minimum Gasteiger partial charge on any atom is -0.389 e. The molecule has 0 saturated heterocycles. The monoisotopic (exact) mass is 450 g/mol. The summed E-state index contributed by atoms with van der Waals surface area (Å²) in [6.45, 7) is 1.76. The molecule has 30 heavy (non-hydrogen) atoms. The summed E-state index contributed by atoms with van der Waals surface area (Å²) in [5, 5.41) is 11.2. The van der Waals surface area contributed by atoms with Gasteiger partial charge in [0.1, 0.15) is 0 Å². The van der Waals surface area contributed by atoms with E-state index >= 15 is 0 Å². The second-order valence-corrected chi connectivity index (χ2v) is 9.26. The standard InChI is InChI=1S/C24H19ClN2OS2/c1-16(28)18-5-3-7-21(15-18)30-24-26-13-12-22(27-24)23-11-10-20(29-23)9-8-17-4-2-6-19(25)14-17/h2-16,28H,1H3. The van der Waals surface area contributed by atoms with Gasteiger partial charge in [-0.05, 0) is 78.4 Å². The third kappa shape index (κ3) is 5.37. The molecular weight excluding hydrogens is 432 g/mol. The predicted molar refractivity (Wildman–Crippen MR) is 127 cm³/mol. The highest BCUT2D eigenvalue weighted by Crippen LogP contribution is 2.31. The number of rotatable bonds is 6. The van der Waals surface area contributed by atoms with Crippen molar-refractivity contribution >= 4 is 46.9 Å². The molecule has 0 radical (unpaired) electrons. The largest absolute Gasteiger partial charge is 0.389 e. The van der Waals surface area contributed by atoms with Crippen molar-refractivity contribution in [3.05, 3.63) is 94.0 Å². The summed E-state index contributed by atoms with van der Waals surface area (Å²) in [5.74, 6) is 0. The van der Waals surface area contributed by atoms with Crippen LogP contribution in [0.25, 0.3) is 22.7 Å². The molecule has 1 atom stereocenters. The fraction of sp³-hybridized carbons (Fsp3) is 0.0833. The summed E-state index contributed by atoms with van der Waals surface area (Å²) in [5.41, 5.74) is 2.84. The van der Waals surface area contributed by atoms with E-state index < -0.39 is 6.10 Å². The lowest BCUT2D eigenvalue weighted by Gasteiger charge is -2.07. The molecule has 0 saturated carbocycles. The second-order valence-electron chi connectivity index (χ2n) is 6.67. The third-order valence-electron chi connectivity index (χ3n) is 4.35. The van der Waals surface area contributed by atoms with Gasteiger partial charge in [-0.25, -0.2) is 9.97 Å².